The molecule has 0 bridgehead atoms. The molecular formula is C22H15Cl2N5O7. The molecular weight excluding hydrogens is 517 g/mol. The van der Waals surface area contributed by atoms with Gasteiger partial charge in [0, 0.05) is 11.8 Å². The molecule has 0 spiro atoms. The summed E-state index contributed by atoms with van der Waals surface area (Å²) >= 11 is 11.7. The maximum absolute atomic E-state index is 12.0. The van der Waals surface area contributed by atoms with Crippen LogP contribution in [0, 0.1) is 20.2 Å². The van der Waals surface area contributed by atoms with Crippen LogP contribution in [0.15, 0.2) is 65.8 Å². The minimum absolute atomic E-state index is 0.177. The molecule has 0 aliphatic heterocycles. The Morgan fingerprint density at radius 1 is 0.889 bits per heavy atom. The van der Waals surface area contributed by atoms with Crippen LogP contribution in [0.3, 0.4) is 0 Å². The summed E-state index contributed by atoms with van der Waals surface area (Å²) in [5.74, 6) is -1.96. The van der Waals surface area contributed by atoms with Crippen LogP contribution in [-0.2, 0) is 9.59 Å². The maximum Gasteiger partial charge on any atom is 0.329 e. The van der Waals surface area contributed by atoms with Gasteiger partial charge in [-0.2, -0.15) is 5.10 Å². The summed E-state index contributed by atoms with van der Waals surface area (Å²) in [5, 5.41) is 28.8. The SMILES string of the molecule is C/C(=N\NC(=O)C(=O)Nc1ccc(Cl)c(Cl)c1)c1ccc(Oc2ccc([N+](=O)[O-])cc2[N+](=O)[O-])cc1. The van der Waals surface area contributed by atoms with Crippen molar-refractivity contribution in [3.05, 3.63) is 96.5 Å². The van der Waals surface area contributed by atoms with E-state index in [1.807, 2.05) is 0 Å². The Labute approximate surface area is 212 Å². The fourth-order valence-electron chi connectivity index (χ4n) is 2.75. The lowest BCUT2D eigenvalue weighted by Gasteiger charge is -2.08. The van der Waals surface area contributed by atoms with Gasteiger partial charge in [0.15, 0.2) is 0 Å². The van der Waals surface area contributed by atoms with Gasteiger partial charge in [-0.25, -0.2) is 5.43 Å². The Bertz CT molecular complexity index is 1390. The molecule has 3 aromatic rings. The zero-order chi connectivity index (χ0) is 26.4. The van der Waals surface area contributed by atoms with Gasteiger partial charge in [-0.1, -0.05) is 23.2 Å². The molecule has 0 saturated heterocycles. The van der Waals surface area contributed by atoms with E-state index >= 15 is 0 Å². The third kappa shape index (κ3) is 6.52. The molecule has 0 saturated carbocycles. The Hall–Kier alpha value is -4.55. The van der Waals surface area contributed by atoms with Crippen LogP contribution in [-0.4, -0.2) is 27.4 Å². The van der Waals surface area contributed by atoms with Crippen LogP contribution >= 0.6 is 23.2 Å². The van der Waals surface area contributed by atoms with Crippen LogP contribution in [0.4, 0.5) is 17.1 Å². The topological polar surface area (TPSA) is 166 Å². The molecule has 0 aliphatic carbocycles. The van der Waals surface area contributed by atoms with Crippen molar-refractivity contribution in [3.8, 4) is 11.5 Å². The average molecular weight is 532 g/mol. The van der Waals surface area contributed by atoms with Crippen molar-refractivity contribution in [1.82, 2.24) is 5.43 Å². The molecule has 184 valence electrons. The van der Waals surface area contributed by atoms with Crippen molar-refractivity contribution in [1.29, 1.82) is 0 Å². The second-order valence-corrected chi connectivity index (χ2v) is 7.83. The van der Waals surface area contributed by atoms with Crippen molar-refractivity contribution in [3.63, 3.8) is 0 Å². The molecule has 0 unspecified atom stereocenters. The number of hydrazone groups is 1. The number of hydrogen-bond acceptors (Lipinski definition) is 8. The van der Waals surface area contributed by atoms with E-state index in [9.17, 15) is 29.8 Å². The Kier molecular flexibility index (Phi) is 8.14. The fourth-order valence-corrected chi connectivity index (χ4v) is 3.05. The van der Waals surface area contributed by atoms with Gasteiger partial charge in [-0.3, -0.25) is 29.8 Å². The predicted molar refractivity (Wildman–Crippen MR) is 132 cm³/mol. The number of hydrogen-bond donors (Lipinski definition) is 2. The van der Waals surface area contributed by atoms with E-state index in [4.69, 9.17) is 27.9 Å². The molecule has 0 radical (unpaired) electrons. The summed E-state index contributed by atoms with van der Waals surface area (Å²) in [7, 11) is 0. The van der Waals surface area contributed by atoms with Crippen molar-refractivity contribution in [2.75, 3.05) is 5.32 Å². The van der Waals surface area contributed by atoms with Crippen LogP contribution in [0.1, 0.15) is 12.5 Å². The molecule has 2 amide bonds. The number of non-ortho nitro benzene ring substituents is 1. The van der Waals surface area contributed by atoms with Gasteiger partial charge in [0.05, 0.1) is 31.7 Å². The molecule has 3 aromatic carbocycles. The molecule has 0 fully saturated rings. The number of carbonyl (C=O) groups is 2. The maximum atomic E-state index is 12.0. The highest BCUT2D eigenvalue weighted by molar-refractivity contribution is 6.43. The predicted octanol–water partition coefficient (Wildman–Crippen LogP) is 5.08. The van der Waals surface area contributed by atoms with E-state index in [0.29, 0.717) is 16.3 Å². The first-order valence-electron chi connectivity index (χ1n) is 9.87. The van der Waals surface area contributed by atoms with Crippen LogP contribution in [0.2, 0.25) is 10.0 Å². The van der Waals surface area contributed by atoms with E-state index in [0.717, 1.165) is 18.2 Å². The van der Waals surface area contributed by atoms with Gasteiger partial charge in [-0.05, 0) is 61.0 Å². The number of rotatable bonds is 7. The lowest BCUT2D eigenvalue weighted by molar-refractivity contribution is -0.394. The van der Waals surface area contributed by atoms with E-state index in [1.54, 1.807) is 19.1 Å². The Morgan fingerprint density at radius 2 is 1.58 bits per heavy atom. The minimum Gasteiger partial charge on any atom is -0.450 e. The average Bonchev–Trinajstić information content (AvgIpc) is 2.85. The van der Waals surface area contributed by atoms with Crippen molar-refractivity contribution < 1.29 is 24.2 Å². The van der Waals surface area contributed by atoms with E-state index in [2.05, 4.69) is 15.8 Å². The molecule has 0 heterocycles. The summed E-state index contributed by atoms with van der Waals surface area (Å²) in [4.78, 5) is 44.7. The number of nitrogens with one attached hydrogen (secondary N) is 2. The highest BCUT2D eigenvalue weighted by Crippen LogP contribution is 2.34. The highest BCUT2D eigenvalue weighted by atomic mass is 35.5. The Balaban J connectivity index is 1.64. The summed E-state index contributed by atoms with van der Waals surface area (Å²) in [6.07, 6.45) is 0. The number of nitro groups is 2. The zero-order valence-corrected chi connectivity index (χ0v) is 19.7. The molecule has 14 heteroatoms. The van der Waals surface area contributed by atoms with Crippen molar-refractivity contribution >= 4 is 57.8 Å². The number of benzene rings is 3. The number of nitro benzene ring substituents is 2. The molecule has 0 aliphatic rings. The van der Waals surface area contributed by atoms with Crippen LogP contribution in [0.25, 0.3) is 0 Å². The smallest absolute Gasteiger partial charge is 0.329 e. The molecule has 0 aromatic heterocycles. The monoisotopic (exact) mass is 531 g/mol. The number of carbonyl (C=O) groups excluding carboxylic acids is 2. The van der Waals surface area contributed by atoms with Crippen molar-refractivity contribution in [2.24, 2.45) is 5.10 Å². The first kappa shape index (κ1) is 26.1. The molecule has 3 rings (SSSR count). The molecule has 36 heavy (non-hydrogen) atoms. The molecule has 2 N–H and O–H groups in total. The number of amides is 2. The first-order valence-corrected chi connectivity index (χ1v) is 10.6. The largest absolute Gasteiger partial charge is 0.450 e. The molecule has 12 nitrogen and oxygen atoms in total. The normalized spacial score (nSPS) is 10.9. The lowest BCUT2D eigenvalue weighted by atomic mass is 10.1. The van der Waals surface area contributed by atoms with Gasteiger partial charge < -0.3 is 10.1 Å². The number of ether oxygens (including phenoxy) is 1. The van der Waals surface area contributed by atoms with Crippen LogP contribution in [0.5, 0.6) is 11.5 Å². The second-order valence-electron chi connectivity index (χ2n) is 7.01. The molecule has 0 atom stereocenters. The van der Waals surface area contributed by atoms with E-state index < -0.39 is 33.0 Å². The number of anilines is 1. The number of nitrogens with zero attached hydrogens (tertiary/aromatic N) is 3. The van der Waals surface area contributed by atoms with Gasteiger partial charge in [0.25, 0.3) is 5.69 Å². The standard InChI is InChI=1S/C22H15Cl2N5O7/c1-12(26-27-22(31)21(30)25-14-4-8-17(23)18(24)10-14)13-2-6-16(7-3-13)36-20-9-5-15(28(32)33)11-19(20)29(34)35/h2-11H,1H3,(H,25,30)(H,27,31)/b26-12+. The lowest BCUT2D eigenvalue weighted by Crippen LogP contribution is -2.32. The van der Waals surface area contributed by atoms with E-state index in [-0.39, 0.29) is 22.2 Å². The zero-order valence-electron chi connectivity index (χ0n) is 18.2. The van der Waals surface area contributed by atoms with Crippen molar-refractivity contribution in [2.45, 2.75) is 6.92 Å². The van der Waals surface area contributed by atoms with E-state index in [1.165, 1.54) is 30.3 Å². The fraction of sp³-hybridized carbons (Fsp3) is 0.0455. The number of halogens is 2. The van der Waals surface area contributed by atoms with Gasteiger partial charge in [0.1, 0.15) is 5.75 Å². The van der Waals surface area contributed by atoms with Crippen LogP contribution < -0.4 is 15.5 Å². The second kappa shape index (κ2) is 11.3. The summed E-state index contributed by atoms with van der Waals surface area (Å²) < 4.78 is 5.50. The summed E-state index contributed by atoms with van der Waals surface area (Å²) in [6.45, 7) is 1.58. The minimum atomic E-state index is -1.02. The Morgan fingerprint density at radius 3 is 2.19 bits per heavy atom. The first-order chi connectivity index (χ1) is 17.0. The third-order valence-electron chi connectivity index (χ3n) is 4.56. The highest BCUT2D eigenvalue weighted by Gasteiger charge is 2.21. The van der Waals surface area contributed by atoms with Gasteiger partial charge in [-0.15, -0.1) is 0 Å². The third-order valence-corrected chi connectivity index (χ3v) is 5.30. The summed E-state index contributed by atoms with van der Waals surface area (Å²) in [5.41, 5.74) is 2.29. The summed E-state index contributed by atoms with van der Waals surface area (Å²) in [6, 6.07) is 13.5. The quantitative estimate of drug-likeness (QED) is 0.185. The van der Waals surface area contributed by atoms with Gasteiger partial charge in [0.2, 0.25) is 5.75 Å². The van der Waals surface area contributed by atoms with Gasteiger partial charge >= 0.3 is 17.5 Å².